The van der Waals surface area contributed by atoms with Crippen molar-refractivity contribution in [2.24, 2.45) is 0 Å². The maximum absolute atomic E-state index is 12.8. The average Bonchev–Trinajstić information content (AvgIpc) is 3.12. The van der Waals surface area contributed by atoms with Gasteiger partial charge in [0.15, 0.2) is 5.82 Å². The van der Waals surface area contributed by atoms with Crippen LogP contribution in [-0.2, 0) is 35.9 Å². The molecule has 5 nitrogen and oxygen atoms in total. The maximum atomic E-state index is 12.8. The normalized spacial score (nSPS) is 12.7. The number of benzene rings is 2. The number of hydrogen-bond donors (Lipinski definition) is 0. The fourth-order valence-electron chi connectivity index (χ4n) is 2.67. The van der Waals surface area contributed by atoms with Gasteiger partial charge in [0.2, 0.25) is 5.16 Å². The summed E-state index contributed by atoms with van der Waals surface area (Å²) in [6.45, 7) is 2.11. The van der Waals surface area contributed by atoms with E-state index in [0.29, 0.717) is 22.4 Å². The lowest BCUT2D eigenvalue weighted by molar-refractivity contribution is -0.137. The van der Waals surface area contributed by atoms with Crippen LogP contribution in [0.25, 0.3) is 0 Å². The topological polar surface area (TPSA) is 57.0 Å². The first-order valence-electron chi connectivity index (χ1n) is 8.73. The molecule has 3 rings (SSSR count). The zero-order chi connectivity index (χ0) is 21.9. The maximum Gasteiger partial charge on any atom is 0.416 e. The van der Waals surface area contributed by atoms with Crippen LogP contribution < -0.4 is 4.74 Å². The van der Waals surface area contributed by atoms with Crippen molar-refractivity contribution >= 4 is 34.0 Å². The van der Waals surface area contributed by atoms with Gasteiger partial charge in [-0.25, -0.2) is 0 Å². The first kappa shape index (κ1) is 22.6. The summed E-state index contributed by atoms with van der Waals surface area (Å²) in [7, 11) is -1.52. The Balaban J connectivity index is 1.74. The van der Waals surface area contributed by atoms with Crippen LogP contribution in [0.3, 0.4) is 0 Å². The van der Waals surface area contributed by atoms with Crippen LogP contribution >= 0.6 is 23.2 Å². The highest BCUT2D eigenvalue weighted by Gasteiger charge is 2.30. The number of aromatic nitrogens is 3. The van der Waals surface area contributed by atoms with Crippen molar-refractivity contribution in [3.63, 3.8) is 0 Å². The molecule has 11 heteroatoms. The molecule has 0 bridgehead atoms. The van der Waals surface area contributed by atoms with Crippen molar-refractivity contribution < 1.29 is 22.1 Å². The molecule has 160 valence electrons. The molecular formula is C19H16Cl2F3N3O2S. The molecule has 0 aliphatic rings. The van der Waals surface area contributed by atoms with E-state index in [2.05, 4.69) is 10.2 Å². The van der Waals surface area contributed by atoms with E-state index in [1.807, 2.05) is 6.92 Å². The fourth-order valence-corrected chi connectivity index (χ4v) is 4.21. The fraction of sp³-hybridized carbons (Fsp3) is 0.263. The first-order valence-corrected chi connectivity index (χ1v) is 10.8. The highest BCUT2D eigenvalue weighted by atomic mass is 35.5. The lowest BCUT2D eigenvalue weighted by Crippen LogP contribution is -2.11. The Bertz CT molecular complexity index is 1070. The summed E-state index contributed by atoms with van der Waals surface area (Å²) in [5, 5.41) is 8.98. The standard InChI is InChI=1S/C19H16Cl2F3N3O2S/c1-2-27-17(10-29-14-5-3-4-13(9-14)19(22,23)24)25-26-18(27)30(28)11-12-6-7-15(20)16(21)8-12/h3-9H,2,10-11H2,1H3. The van der Waals surface area contributed by atoms with Crippen LogP contribution in [0, 0.1) is 0 Å². The largest absolute Gasteiger partial charge is 0.486 e. The highest BCUT2D eigenvalue weighted by molar-refractivity contribution is 7.84. The molecule has 0 aliphatic carbocycles. The second-order valence-electron chi connectivity index (χ2n) is 6.20. The van der Waals surface area contributed by atoms with Gasteiger partial charge < -0.3 is 9.30 Å². The molecular weight excluding hydrogens is 462 g/mol. The SMILES string of the molecule is CCn1c(COc2cccc(C(F)(F)F)c2)nnc1S(=O)Cc1ccc(Cl)c(Cl)c1. The summed E-state index contributed by atoms with van der Waals surface area (Å²) in [5.41, 5.74) is -0.0875. The van der Waals surface area contributed by atoms with Gasteiger partial charge in [-0.2, -0.15) is 13.2 Å². The van der Waals surface area contributed by atoms with Gasteiger partial charge in [-0.3, -0.25) is 4.21 Å². The van der Waals surface area contributed by atoms with E-state index in [-0.39, 0.29) is 23.3 Å². The minimum Gasteiger partial charge on any atom is -0.486 e. The lowest BCUT2D eigenvalue weighted by Gasteiger charge is -2.11. The van der Waals surface area contributed by atoms with Gasteiger partial charge in [0.25, 0.3) is 0 Å². The molecule has 0 saturated heterocycles. The number of halogens is 5. The molecule has 3 aromatic rings. The van der Waals surface area contributed by atoms with Crippen LogP contribution in [0.5, 0.6) is 5.75 Å². The summed E-state index contributed by atoms with van der Waals surface area (Å²) < 4.78 is 58.4. The van der Waals surface area contributed by atoms with E-state index in [0.717, 1.165) is 17.7 Å². The second kappa shape index (κ2) is 9.36. The first-order chi connectivity index (χ1) is 14.2. The molecule has 2 aromatic carbocycles. The number of rotatable bonds is 7. The molecule has 0 spiro atoms. The molecule has 1 atom stereocenters. The zero-order valence-electron chi connectivity index (χ0n) is 15.6. The molecule has 0 fully saturated rings. The Morgan fingerprint density at radius 2 is 1.87 bits per heavy atom. The van der Waals surface area contributed by atoms with Gasteiger partial charge in [-0.15, -0.1) is 10.2 Å². The Kier molecular flexibility index (Phi) is 7.05. The Morgan fingerprint density at radius 1 is 1.10 bits per heavy atom. The van der Waals surface area contributed by atoms with Crippen molar-refractivity contribution in [3.05, 3.63) is 69.5 Å². The van der Waals surface area contributed by atoms with Gasteiger partial charge in [-0.05, 0) is 42.8 Å². The van der Waals surface area contributed by atoms with E-state index in [4.69, 9.17) is 27.9 Å². The van der Waals surface area contributed by atoms with Crippen LogP contribution in [-0.4, -0.2) is 19.0 Å². The van der Waals surface area contributed by atoms with E-state index >= 15 is 0 Å². The molecule has 0 radical (unpaired) electrons. The van der Waals surface area contributed by atoms with E-state index in [1.165, 1.54) is 12.1 Å². The molecule has 0 amide bonds. The summed E-state index contributed by atoms with van der Waals surface area (Å²) in [6.07, 6.45) is -4.46. The molecule has 1 heterocycles. The smallest absolute Gasteiger partial charge is 0.416 e. The predicted molar refractivity (Wildman–Crippen MR) is 108 cm³/mol. The van der Waals surface area contributed by atoms with Crippen molar-refractivity contribution in [2.75, 3.05) is 0 Å². The third kappa shape index (κ3) is 5.33. The van der Waals surface area contributed by atoms with Gasteiger partial charge in [0.05, 0.1) is 32.2 Å². The van der Waals surface area contributed by atoms with Gasteiger partial charge in [-0.1, -0.05) is 35.3 Å². The Hall–Kier alpha value is -2.10. The summed E-state index contributed by atoms with van der Waals surface area (Å²) in [4.78, 5) is 0. The molecule has 1 unspecified atom stereocenters. The minimum atomic E-state index is -4.46. The van der Waals surface area contributed by atoms with Crippen molar-refractivity contribution in [1.82, 2.24) is 14.8 Å². The van der Waals surface area contributed by atoms with Crippen LogP contribution in [0.2, 0.25) is 10.0 Å². The van der Waals surface area contributed by atoms with Crippen LogP contribution in [0.1, 0.15) is 23.9 Å². The van der Waals surface area contributed by atoms with Crippen LogP contribution in [0.15, 0.2) is 47.6 Å². The van der Waals surface area contributed by atoms with Crippen molar-refractivity contribution in [2.45, 2.75) is 37.2 Å². The van der Waals surface area contributed by atoms with E-state index in [1.54, 1.807) is 22.8 Å². The molecule has 0 saturated carbocycles. The lowest BCUT2D eigenvalue weighted by atomic mass is 10.2. The number of hydrogen-bond acceptors (Lipinski definition) is 4. The molecule has 0 N–H and O–H groups in total. The number of alkyl halides is 3. The van der Waals surface area contributed by atoms with Gasteiger partial charge >= 0.3 is 6.18 Å². The Labute approximate surface area is 183 Å². The highest BCUT2D eigenvalue weighted by Crippen LogP contribution is 2.31. The second-order valence-corrected chi connectivity index (χ2v) is 8.35. The minimum absolute atomic E-state index is 0.0500. The van der Waals surface area contributed by atoms with E-state index in [9.17, 15) is 17.4 Å². The van der Waals surface area contributed by atoms with Gasteiger partial charge in [0, 0.05) is 6.54 Å². The average molecular weight is 478 g/mol. The van der Waals surface area contributed by atoms with Gasteiger partial charge in [0.1, 0.15) is 12.4 Å². The van der Waals surface area contributed by atoms with Crippen molar-refractivity contribution in [1.29, 1.82) is 0 Å². The number of nitrogens with zero attached hydrogens (tertiary/aromatic N) is 3. The summed E-state index contributed by atoms with van der Waals surface area (Å²) >= 11 is 11.9. The van der Waals surface area contributed by atoms with Crippen LogP contribution in [0.4, 0.5) is 13.2 Å². The molecule has 30 heavy (non-hydrogen) atoms. The third-order valence-corrected chi connectivity index (χ3v) is 6.17. The van der Waals surface area contributed by atoms with E-state index < -0.39 is 22.5 Å². The monoisotopic (exact) mass is 477 g/mol. The quantitative estimate of drug-likeness (QED) is 0.450. The van der Waals surface area contributed by atoms with Crippen molar-refractivity contribution in [3.8, 4) is 5.75 Å². The zero-order valence-corrected chi connectivity index (χ0v) is 17.9. The number of ether oxygens (including phenoxy) is 1. The summed E-state index contributed by atoms with van der Waals surface area (Å²) in [5.74, 6) is 0.560. The summed E-state index contributed by atoms with van der Waals surface area (Å²) in [6, 6.07) is 9.53. The predicted octanol–water partition coefficient (Wildman–Crippen LogP) is 5.51. The Morgan fingerprint density at radius 3 is 2.53 bits per heavy atom. The molecule has 1 aromatic heterocycles. The third-order valence-electron chi connectivity index (χ3n) is 4.12. The molecule has 0 aliphatic heterocycles.